The molecule has 1 fully saturated rings. The van der Waals surface area contributed by atoms with Crippen LogP contribution in [0.1, 0.15) is 48.7 Å². The van der Waals surface area contributed by atoms with Gasteiger partial charge in [0.25, 0.3) is 0 Å². The maximum Gasteiger partial charge on any atom is 0.310 e. The molecule has 1 heterocycles. The van der Waals surface area contributed by atoms with Crippen molar-refractivity contribution in [2.24, 2.45) is 0 Å². The quantitative estimate of drug-likeness (QED) is 0.493. The summed E-state index contributed by atoms with van der Waals surface area (Å²) in [7, 11) is -9.77. The number of halogens is 7. The van der Waals surface area contributed by atoms with Crippen molar-refractivity contribution in [3.8, 4) is 0 Å². The van der Waals surface area contributed by atoms with Crippen LogP contribution in [-0.4, -0.2) is 10.9 Å². The summed E-state index contributed by atoms with van der Waals surface area (Å²) in [6.07, 6.45) is -0.602. The Bertz CT molecular complexity index is 904. The molecule has 10 heteroatoms. The maximum atomic E-state index is 13.1. The third-order valence-corrected chi connectivity index (χ3v) is 5.81. The first-order valence-electron chi connectivity index (χ1n) is 8.49. The minimum Gasteiger partial charge on any atom is -0.378 e. The van der Waals surface area contributed by atoms with E-state index in [1.807, 2.05) is 0 Å². The molecule has 0 spiro atoms. The van der Waals surface area contributed by atoms with Crippen LogP contribution < -0.4 is 5.32 Å². The monoisotopic (exact) mass is 428 g/mol. The summed E-state index contributed by atoms with van der Waals surface area (Å²) < 4.78 is 91.4. The van der Waals surface area contributed by atoms with Gasteiger partial charge in [-0.05, 0) is 43.7 Å². The lowest BCUT2D eigenvalue weighted by molar-refractivity contribution is -0.0876. The van der Waals surface area contributed by atoms with Gasteiger partial charge in [0.1, 0.15) is 4.90 Å². The maximum absolute atomic E-state index is 13.1. The Hall–Kier alpha value is -1.97. The van der Waals surface area contributed by atoms with Crippen molar-refractivity contribution in [2.45, 2.75) is 49.5 Å². The molecule has 1 saturated carbocycles. The van der Waals surface area contributed by atoms with Gasteiger partial charge in [0.15, 0.2) is 0 Å². The Labute approximate surface area is 157 Å². The summed E-state index contributed by atoms with van der Waals surface area (Å²) in [4.78, 5) is 2.30. The average molecular weight is 428 g/mol. The van der Waals surface area contributed by atoms with Crippen molar-refractivity contribution in [3.05, 3.63) is 53.3 Å². The van der Waals surface area contributed by atoms with Gasteiger partial charge in [0.05, 0.1) is 0 Å². The topological polar surface area (TPSA) is 24.9 Å². The van der Waals surface area contributed by atoms with Crippen LogP contribution in [-0.2, 0) is 0 Å². The number of pyridine rings is 1. The molecule has 0 bridgehead atoms. The fraction of sp³-hybridized carbons (Fsp3) is 0.389. The molecule has 0 unspecified atom stereocenters. The number of aryl methyl sites for hydroxylation is 1. The largest absolute Gasteiger partial charge is 0.378 e. The van der Waals surface area contributed by atoms with Gasteiger partial charge in [-0.1, -0.05) is 31.6 Å². The predicted octanol–water partition coefficient (Wildman–Crippen LogP) is 7.73. The third-order valence-electron chi connectivity index (χ3n) is 4.67. The summed E-state index contributed by atoms with van der Waals surface area (Å²) in [6.45, 7) is 3.20. The van der Waals surface area contributed by atoms with E-state index in [0.29, 0.717) is 29.2 Å². The number of nitrogens with zero attached hydrogens (tertiary/aromatic N) is 1. The second-order valence-corrected chi connectivity index (χ2v) is 9.70. The molecule has 1 N–H and O–H groups in total. The second kappa shape index (κ2) is 5.77. The van der Waals surface area contributed by atoms with Crippen molar-refractivity contribution in [3.63, 3.8) is 0 Å². The van der Waals surface area contributed by atoms with E-state index in [9.17, 15) is 28.2 Å². The summed E-state index contributed by atoms with van der Waals surface area (Å²) in [5.41, 5.74) is 1.53. The first-order valence-corrected chi connectivity index (χ1v) is 10.4. The highest BCUT2D eigenvalue weighted by atomic mass is 32.5. The van der Waals surface area contributed by atoms with Crippen LogP contribution in [0, 0.1) is 6.92 Å². The van der Waals surface area contributed by atoms with E-state index in [1.165, 1.54) is 13.0 Å². The van der Waals surface area contributed by atoms with Gasteiger partial charge in [-0.15, -0.1) is 0 Å². The van der Waals surface area contributed by atoms with E-state index >= 15 is 0 Å². The number of anilines is 1. The SMILES string of the molecule is Cc1cc(N[C@H](C)c2cccc(S(F)(F)(F)(F)F)c2)cc(C2CC(F)(F)C2)n1. The fourth-order valence-corrected chi connectivity index (χ4v) is 3.91. The summed E-state index contributed by atoms with van der Waals surface area (Å²) >= 11 is 0. The van der Waals surface area contributed by atoms with Crippen LogP contribution in [0.15, 0.2) is 41.3 Å². The van der Waals surface area contributed by atoms with Crippen molar-refractivity contribution in [1.82, 2.24) is 4.98 Å². The van der Waals surface area contributed by atoms with Crippen LogP contribution in [0.4, 0.5) is 33.9 Å². The number of hydrogen-bond donors (Lipinski definition) is 1. The molecule has 28 heavy (non-hydrogen) atoms. The molecule has 3 rings (SSSR count). The summed E-state index contributed by atoms with van der Waals surface area (Å²) in [5, 5.41) is 2.94. The lowest BCUT2D eigenvalue weighted by atomic mass is 9.79. The highest BCUT2D eigenvalue weighted by Gasteiger charge is 2.65. The first-order chi connectivity index (χ1) is 12.5. The Morgan fingerprint density at radius 2 is 1.71 bits per heavy atom. The zero-order valence-corrected chi connectivity index (χ0v) is 15.9. The van der Waals surface area contributed by atoms with Crippen LogP contribution in [0.25, 0.3) is 0 Å². The van der Waals surface area contributed by atoms with E-state index in [1.54, 1.807) is 19.1 Å². The molecule has 0 saturated heterocycles. The number of rotatable bonds is 5. The minimum absolute atomic E-state index is 0.0249. The number of nitrogens with one attached hydrogen (secondary N) is 1. The zero-order chi connectivity index (χ0) is 21.0. The fourth-order valence-electron chi connectivity index (χ4n) is 3.21. The van der Waals surface area contributed by atoms with Crippen LogP contribution in [0.5, 0.6) is 0 Å². The third kappa shape index (κ3) is 4.71. The average Bonchev–Trinajstić information content (AvgIpc) is 2.50. The predicted molar refractivity (Wildman–Crippen MR) is 95.8 cm³/mol. The smallest absolute Gasteiger partial charge is 0.310 e. The molecule has 2 nitrogen and oxygen atoms in total. The number of hydrogen-bond acceptors (Lipinski definition) is 2. The van der Waals surface area contributed by atoms with Gasteiger partial charge in [0.2, 0.25) is 5.92 Å². The van der Waals surface area contributed by atoms with Gasteiger partial charge in [-0.2, -0.15) is 0 Å². The molecule has 1 aliphatic rings. The molecule has 0 radical (unpaired) electrons. The summed E-state index contributed by atoms with van der Waals surface area (Å²) in [6, 6.07) is 5.48. The van der Waals surface area contributed by atoms with Crippen molar-refractivity contribution >= 4 is 15.9 Å². The van der Waals surface area contributed by atoms with E-state index in [2.05, 4.69) is 10.3 Å². The van der Waals surface area contributed by atoms with E-state index < -0.39 is 27.1 Å². The van der Waals surface area contributed by atoms with Gasteiger partial charge in [-0.25, -0.2) is 8.78 Å². The Kier molecular flexibility index (Phi) is 4.28. The molecular weight excluding hydrogens is 409 g/mol. The lowest BCUT2D eigenvalue weighted by Gasteiger charge is -2.40. The highest BCUT2D eigenvalue weighted by Crippen LogP contribution is 3.02. The van der Waals surface area contributed by atoms with Gasteiger partial charge in [-0.3, -0.25) is 4.98 Å². The van der Waals surface area contributed by atoms with Crippen molar-refractivity contribution in [2.75, 3.05) is 5.32 Å². The molecule has 1 aromatic heterocycles. The normalized spacial score (nSPS) is 20.6. The van der Waals surface area contributed by atoms with Gasteiger partial charge < -0.3 is 5.32 Å². The molecule has 156 valence electrons. The van der Waals surface area contributed by atoms with Gasteiger partial charge >= 0.3 is 10.2 Å². The zero-order valence-electron chi connectivity index (χ0n) is 15.0. The van der Waals surface area contributed by atoms with Crippen molar-refractivity contribution in [1.29, 1.82) is 0 Å². The number of benzene rings is 1. The number of aromatic nitrogens is 1. The second-order valence-electron chi connectivity index (χ2n) is 7.29. The molecule has 0 aliphatic heterocycles. The molecule has 1 atom stereocenters. The van der Waals surface area contributed by atoms with Gasteiger partial charge in [0, 0.05) is 41.9 Å². The highest BCUT2D eigenvalue weighted by molar-refractivity contribution is 8.45. The Morgan fingerprint density at radius 3 is 2.29 bits per heavy atom. The van der Waals surface area contributed by atoms with Crippen LogP contribution in [0.3, 0.4) is 0 Å². The standard InChI is InChI=1S/C18H19F7N2S/c1-11-6-15(8-17(26-11)14-9-18(19,20)10-14)27-12(2)13-4-3-5-16(7-13)28(21,22,23,24)25/h3-8,12,14H,9-10H2,1-2H3,(H,26,27)/t12-/m1/s1. The van der Waals surface area contributed by atoms with E-state index in [4.69, 9.17) is 0 Å². The first kappa shape index (κ1) is 20.8. The lowest BCUT2D eigenvalue weighted by Crippen LogP contribution is -2.34. The van der Waals surface area contributed by atoms with E-state index in [0.717, 1.165) is 6.07 Å². The molecule has 1 aromatic carbocycles. The molecular formula is C18H19F7N2S. The van der Waals surface area contributed by atoms with Crippen LogP contribution >= 0.6 is 10.2 Å². The summed E-state index contributed by atoms with van der Waals surface area (Å²) in [5.74, 6) is -3.09. The van der Waals surface area contributed by atoms with Crippen molar-refractivity contribution < 1.29 is 28.2 Å². The van der Waals surface area contributed by atoms with E-state index in [-0.39, 0.29) is 24.3 Å². The minimum atomic E-state index is -9.77. The molecule has 1 aliphatic carbocycles. The Balaban J connectivity index is 1.83. The Morgan fingerprint density at radius 1 is 1.07 bits per heavy atom. The molecule has 0 amide bonds. The number of alkyl halides is 2. The molecule has 2 aromatic rings. The van der Waals surface area contributed by atoms with Crippen LogP contribution in [0.2, 0.25) is 0 Å².